The number of benzene rings is 2. The monoisotopic (exact) mass is 549 g/mol. The molecule has 7 nitrogen and oxygen atoms in total. The molecule has 1 fully saturated rings. The number of hydrogen-bond acceptors (Lipinski definition) is 6. The molecule has 208 valence electrons. The molecule has 2 atom stereocenters. The van der Waals surface area contributed by atoms with Gasteiger partial charge < -0.3 is 9.47 Å². The number of nitrogens with zero attached hydrogens (tertiary/aromatic N) is 2. The predicted molar refractivity (Wildman–Crippen MR) is 154 cm³/mol. The number of ether oxygens (including phenoxy) is 2. The van der Waals surface area contributed by atoms with Gasteiger partial charge in [0.2, 0.25) is 11.8 Å². The van der Waals surface area contributed by atoms with Gasteiger partial charge in [-0.15, -0.1) is 0 Å². The van der Waals surface area contributed by atoms with Crippen molar-refractivity contribution >= 4 is 16.0 Å². The third-order valence-electron chi connectivity index (χ3n) is 8.29. The molecule has 4 bridgehead atoms. The maximum atomic E-state index is 13.6. The van der Waals surface area contributed by atoms with Gasteiger partial charge in [0.1, 0.15) is 0 Å². The minimum atomic E-state index is -3.93. The van der Waals surface area contributed by atoms with Gasteiger partial charge in [0.25, 0.3) is 10.0 Å². The van der Waals surface area contributed by atoms with Crippen molar-refractivity contribution in [1.29, 1.82) is 0 Å². The molecular formula is C31H39N3O4S. The molecule has 1 saturated carbocycles. The summed E-state index contributed by atoms with van der Waals surface area (Å²) in [4.78, 5) is 9.52. The zero-order valence-corrected chi connectivity index (χ0v) is 24.5. The Morgan fingerprint density at radius 3 is 2.41 bits per heavy atom. The number of hydrogen-bond donors (Lipinski definition) is 1. The number of fused-ring (bicyclic) bond motifs is 4. The highest BCUT2D eigenvalue weighted by Gasteiger charge is 2.41. The van der Waals surface area contributed by atoms with Crippen LogP contribution in [0.2, 0.25) is 0 Å². The molecule has 1 aliphatic heterocycles. The van der Waals surface area contributed by atoms with E-state index in [0.29, 0.717) is 30.0 Å². The molecule has 1 unspecified atom stereocenters. The van der Waals surface area contributed by atoms with E-state index < -0.39 is 10.0 Å². The van der Waals surface area contributed by atoms with Crippen LogP contribution >= 0.6 is 0 Å². The van der Waals surface area contributed by atoms with Crippen molar-refractivity contribution in [2.75, 3.05) is 18.4 Å². The van der Waals surface area contributed by atoms with E-state index in [1.54, 1.807) is 13.2 Å². The molecular weight excluding hydrogens is 510 g/mol. The summed E-state index contributed by atoms with van der Waals surface area (Å²) in [5.41, 5.74) is 5.59. The van der Waals surface area contributed by atoms with Crippen molar-refractivity contribution in [1.82, 2.24) is 9.97 Å². The van der Waals surface area contributed by atoms with Crippen LogP contribution in [-0.2, 0) is 14.8 Å². The van der Waals surface area contributed by atoms with Crippen molar-refractivity contribution < 1.29 is 17.9 Å². The highest BCUT2D eigenvalue weighted by atomic mass is 32.2. The second kappa shape index (κ2) is 10.9. The van der Waals surface area contributed by atoms with Crippen molar-refractivity contribution in [2.45, 2.75) is 70.8 Å². The summed E-state index contributed by atoms with van der Waals surface area (Å²) in [7, 11) is -2.17. The molecule has 0 amide bonds. The van der Waals surface area contributed by atoms with Crippen LogP contribution in [0.4, 0.5) is 5.95 Å². The standard InChI is InChI=1S/C31H39N3O4S/c1-18(2)13-24-17-38-30-21(5)29(27-19(3)9-7-10-20(27)4)32-31(33-30)34-39(35,36)26-12-8-11-22(16-26)28(24)23-14-25(15-23)37-6/h7-12,16,18,23-25,28H,13-15,17H2,1-6H3,(H,32,33,34)/t23?,24-,25?,28?/m1/s1. The van der Waals surface area contributed by atoms with E-state index in [0.717, 1.165) is 47.1 Å². The maximum Gasteiger partial charge on any atom is 0.264 e. The summed E-state index contributed by atoms with van der Waals surface area (Å²) < 4.78 is 42.0. The largest absolute Gasteiger partial charge is 0.477 e. The lowest BCUT2D eigenvalue weighted by molar-refractivity contribution is -0.0207. The Morgan fingerprint density at radius 1 is 1.05 bits per heavy atom. The Morgan fingerprint density at radius 2 is 1.74 bits per heavy atom. The molecule has 1 aliphatic carbocycles. The smallest absolute Gasteiger partial charge is 0.264 e. The highest BCUT2D eigenvalue weighted by molar-refractivity contribution is 7.92. The fourth-order valence-electron chi connectivity index (χ4n) is 6.31. The van der Waals surface area contributed by atoms with Gasteiger partial charge in [-0.3, -0.25) is 0 Å². The van der Waals surface area contributed by atoms with Crippen LogP contribution in [0.15, 0.2) is 47.4 Å². The molecule has 2 heterocycles. The van der Waals surface area contributed by atoms with Gasteiger partial charge >= 0.3 is 0 Å². The van der Waals surface area contributed by atoms with E-state index in [1.807, 2.05) is 51.1 Å². The zero-order valence-electron chi connectivity index (χ0n) is 23.7. The Kier molecular flexibility index (Phi) is 7.71. The Balaban J connectivity index is 1.67. The van der Waals surface area contributed by atoms with E-state index in [1.165, 1.54) is 0 Å². The van der Waals surface area contributed by atoms with Crippen molar-refractivity contribution in [3.8, 4) is 17.1 Å². The third kappa shape index (κ3) is 5.54. The normalized spacial score (nSPS) is 24.1. The van der Waals surface area contributed by atoms with Gasteiger partial charge in [-0.05, 0) is 86.6 Å². The first-order valence-corrected chi connectivity index (χ1v) is 15.3. The predicted octanol–water partition coefficient (Wildman–Crippen LogP) is 6.43. The number of anilines is 1. The first kappa shape index (κ1) is 27.6. The van der Waals surface area contributed by atoms with Crippen LogP contribution < -0.4 is 9.46 Å². The number of rotatable bonds is 5. The Labute approximate surface area is 232 Å². The summed E-state index contributed by atoms with van der Waals surface area (Å²) in [5.74, 6) is 1.60. The fraction of sp³-hybridized carbons (Fsp3) is 0.484. The lowest BCUT2D eigenvalue weighted by Gasteiger charge is -2.43. The summed E-state index contributed by atoms with van der Waals surface area (Å²) in [5, 5.41) is 0. The summed E-state index contributed by atoms with van der Waals surface area (Å²) >= 11 is 0. The topological polar surface area (TPSA) is 90.4 Å². The number of aryl methyl sites for hydroxylation is 2. The van der Waals surface area contributed by atoms with Crippen molar-refractivity contribution in [3.63, 3.8) is 0 Å². The summed E-state index contributed by atoms with van der Waals surface area (Å²) in [6.45, 7) is 11.0. The quantitative estimate of drug-likeness (QED) is 0.394. The second-order valence-electron chi connectivity index (χ2n) is 11.6. The van der Waals surface area contributed by atoms with E-state index in [4.69, 9.17) is 14.5 Å². The van der Waals surface area contributed by atoms with E-state index >= 15 is 0 Å². The van der Waals surface area contributed by atoms with Gasteiger partial charge in [0.15, 0.2) is 0 Å². The first-order valence-electron chi connectivity index (χ1n) is 13.8. The molecule has 0 saturated heterocycles. The molecule has 2 aromatic carbocycles. The number of sulfonamides is 1. The average molecular weight is 550 g/mol. The summed E-state index contributed by atoms with van der Waals surface area (Å²) in [6.07, 6.45) is 3.11. The molecule has 2 aliphatic rings. The van der Waals surface area contributed by atoms with Gasteiger partial charge in [-0.2, -0.15) is 4.98 Å². The molecule has 1 aromatic heterocycles. The average Bonchev–Trinajstić information content (AvgIpc) is 2.85. The first-order chi connectivity index (χ1) is 18.6. The van der Waals surface area contributed by atoms with Crippen LogP contribution in [0.3, 0.4) is 0 Å². The molecule has 8 heteroatoms. The minimum Gasteiger partial charge on any atom is -0.477 e. The Hall–Kier alpha value is -2.97. The van der Waals surface area contributed by atoms with Crippen molar-refractivity contribution in [3.05, 3.63) is 64.7 Å². The summed E-state index contributed by atoms with van der Waals surface area (Å²) in [6, 6.07) is 13.4. The Bertz CT molecular complexity index is 1440. The van der Waals surface area contributed by atoms with Crippen LogP contribution in [0, 0.1) is 38.5 Å². The maximum absolute atomic E-state index is 13.6. The van der Waals surface area contributed by atoms with Crippen molar-refractivity contribution in [2.24, 2.45) is 17.8 Å². The van der Waals surface area contributed by atoms with E-state index in [-0.39, 0.29) is 28.8 Å². The third-order valence-corrected chi connectivity index (χ3v) is 9.61. The van der Waals surface area contributed by atoms with Crippen LogP contribution in [0.1, 0.15) is 61.3 Å². The molecule has 3 aromatic rings. The molecule has 0 spiro atoms. The lowest BCUT2D eigenvalue weighted by atomic mass is 9.65. The fourth-order valence-corrected chi connectivity index (χ4v) is 7.31. The van der Waals surface area contributed by atoms with E-state index in [2.05, 4.69) is 29.6 Å². The van der Waals surface area contributed by atoms with Gasteiger partial charge in [0, 0.05) is 24.2 Å². The molecule has 39 heavy (non-hydrogen) atoms. The van der Waals surface area contributed by atoms with Gasteiger partial charge in [-0.1, -0.05) is 44.2 Å². The lowest BCUT2D eigenvalue weighted by Crippen LogP contribution is -2.39. The number of nitrogens with one attached hydrogen (secondary N) is 1. The number of methoxy groups -OCH3 is 1. The highest BCUT2D eigenvalue weighted by Crippen LogP contribution is 2.47. The van der Waals surface area contributed by atoms with Gasteiger partial charge in [-0.25, -0.2) is 18.1 Å². The minimum absolute atomic E-state index is 0.0121. The molecule has 0 radical (unpaired) electrons. The number of aromatic nitrogens is 2. The van der Waals surface area contributed by atoms with Crippen LogP contribution in [0.5, 0.6) is 5.88 Å². The molecule has 1 N–H and O–H groups in total. The van der Waals surface area contributed by atoms with E-state index in [9.17, 15) is 8.42 Å². The van der Waals surface area contributed by atoms with Crippen LogP contribution in [0.25, 0.3) is 11.3 Å². The SMILES string of the molecule is COC1CC(C2c3cccc(c3)S(=O)(=O)Nc3nc(c(C)c(-c4c(C)cccc4C)n3)OC[C@H]2CC(C)C)C1. The zero-order chi connectivity index (χ0) is 27.9. The molecule has 5 rings (SSSR count). The van der Waals surface area contributed by atoms with Crippen LogP contribution in [-0.4, -0.2) is 38.2 Å². The van der Waals surface area contributed by atoms with Gasteiger partial charge in [0.05, 0.1) is 23.3 Å². The second-order valence-corrected chi connectivity index (χ2v) is 13.3.